The predicted octanol–water partition coefficient (Wildman–Crippen LogP) is 4.20. The zero-order valence-electron chi connectivity index (χ0n) is 13.2. The van der Waals surface area contributed by atoms with Gasteiger partial charge >= 0.3 is 0 Å². The number of ether oxygens (including phenoxy) is 1. The molecular weight excluding hydrogens is 292 g/mol. The zero-order valence-corrected chi connectivity index (χ0v) is 14.0. The summed E-state index contributed by atoms with van der Waals surface area (Å²) in [5.41, 5.74) is 2.29. The Morgan fingerprint density at radius 3 is 2.95 bits per heavy atom. The smallest absolute Gasteiger partial charge is 0.107 e. The first-order valence-electron chi connectivity index (χ1n) is 8.11. The first-order chi connectivity index (χ1) is 10.8. The maximum absolute atomic E-state index is 5.68. The molecule has 0 saturated carbocycles. The van der Waals surface area contributed by atoms with Gasteiger partial charge in [-0.15, -0.1) is 11.3 Å². The fourth-order valence-corrected chi connectivity index (χ4v) is 3.78. The van der Waals surface area contributed by atoms with Gasteiger partial charge in [0.15, 0.2) is 0 Å². The van der Waals surface area contributed by atoms with Gasteiger partial charge in [0.1, 0.15) is 5.01 Å². The van der Waals surface area contributed by atoms with E-state index in [9.17, 15) is 0 Å². The standard InChI is InChI=1S/C18H24N2OS/c1-20(11-5-9-16-10-6-12-21-16)13-18-19-17(14-22-18)15-7-3-2-4-8-15/h2-4,7-8,14,16H,5-6,9-13H2,1H3. The van der Waals surface area contributed by atoms with Gasteiger partial charge in [0, 0.05) is 17.6 Å². The van der Waals surface area contributed by atoms with Crippen molar-refractivity contribution in [2.45, 2.75) is 38.3 Å². The van der Waals surface area contributed by atoms with Crippen molar-refractivity contribution < 1.29 is 4.74 Å². The van der Waals surface area contributed by atoms with Gasteiger partial charge in [-0.3, -0.25) is 4.90 Å². The summed E-state index contributed by atoms with van der Waals surface area (Å²) < 4.78 is 5.68. The SMILES string of the molecule is CN(CCCC1CCCO1)Cc1nc(-c2ccccc2)cs1. The van der Waals surface area contributed by atoms with Crippen molar-refractivity contribution in [3.8, 4) is 11.3 Å². The second-order valence-electron chi connectivity index (χ2n) is 6.01. The van der Waals surface area contributed by atoms with E-state index in [1.807, 2.05) is 6.07 Å². The fraction of sp³-hybridized carbons (Fsp3) is 0.500. The third-order valence-electron chi connectivity index (χ3n) is 4.12. The Kier molecular flexibility index (Phi) is 5.59. The average Bonchev–Trinajstić information content (AvgIpc) is 3.20. The molecule has 0 amide bonds. The van der Waals surface area contributed by atoms with Gasteiger partial charge in [0.25, 0.3) is 0 Å². The Morgan fingerprint density at radius 2 is 2.18 bits per heavy atom. The summed E-state index contributed by atoms with van der Waals surface area (Å²) >= 11 is 1.75. The molecule has 1 aliphatic heterocycles. The fourth-order valence-electron chi connectivity index (χ4n) is 2.90. The maximum Gasteiger partial charge on any atom is 0.107 e. The van der Waals surface area contributed by atoms with E-state index in [0.717, 1.165) is 25.4 Å². The van der Waals surface area contributed by atoms with Crippen molar-refractivity contribution in [3.05, 3.63) is 40.7 Å². The highest BCUT2D eigenvalue weighted by Crippen LogP contribution is 2.22. The van der Waals surface area contributed by atoms with Gasteiger partial charge in [0.05, 0.1) is 18.3 Å². The van der Waals surface area contributed by atoms with E-state index in [1.165, 1.54) is 36.3 Å². The van der Waals surface area contributed by atoms with Crippen LogP contribution in [0.5, 0.6) is 0 Å². The Labute approximate surface area is 137 Å². The monoisotopic (exact) mass is 316 g/mol. The number of hydrogen-bond acceptors (Lipinski definition) is 4. The van der Waals surface area contributed by atoms with Crippen molar-refractivity contribution in [3.63, 3.8) is 0 Å². The molecule has 0 N–H and O–H groups in total. The molecule has 1 unspecified atom stereocenters. The highest BCUT2D eigenvalue weighted by molar-refractivity contribution is 7.09. The van der Waals surface area contributed by atoms with Crippen LogP contribution in [0.4, 0.5) is 0 Å². The van der Waals surface area contributed by atoms with Crippen LogP contribution in [-0.4, -0.2) is 36.2 Å². The summed E-state index contributed by atoms with van der Waals surface area (Å²) in [5.74, 6) is 0. The lowest BCUT2D eigenvalue weighted by Crippen LogP contribution is -2.20. The van der Waals surface area contributed by atoms with Crippen molar-refractivity contribution in [2.75, 3.05) is 20.2 Å². The molecule has 118 valence electrons. The molecule has 3 nitrogen and oxygen atoms in total. The van der Waals surface area contributed by atoms with Crippen LogP contribution in [0.3, 0.4) is 0 Å². The molecule has 1 aromatic carbocycles. The van der Waals surface area contributed by atoms with Gasteiger partial charge in [0.2, 0.25) is 0 Å². The number of benzene rings is 1. The molecule has 1 aromatic heterocycles. The lowest BCUT2D eigenvalue weighted by molar-refractivity contribution is 0.0995. The highest BCUT2D eigenvalue weighted by Gasteiger charge is 2.15. The second-order valence-corrected chi connectivity index (χ2v) is 6.95. The molecule has 0 spiro atoms. The Hall–Kier alpha value is -1.23. The highest BCUT2D eigenvalue weighted by atomic mass is 32.1. The summed E-state index contributed by atoms with van der Waals surface area (Å²) in [7, 11) is 2.18. The molecule has 0 aliphatic carbocycles. The zero-order chi connectivity index (χ0) is 15.2. The molecule has 1 atom stereocenters. The first-order valence-corrected chi connectivity index (χ1v) is 8.99. The van der Waals surface area contributed by atoms with E-state index in [0.29, 0.717) is 6.10 Å². The molecule has 2 aromatic rings. The molecule has 0 radical (unpaired) electrons. The quantitative estimate of drug-likeness (QED) is 0.765. The van der Waals surface area contributed by atoms with Crippen LogP contribution in [0, 0.1) is 0 Å². The number of nitrogens with zero attached hydrogens (tertiary/aromatic N) is 2. The van der Waals surface area contributed by atoms with Crippen LogP contribution in [0.15, 0.2) is 35.7 Å². The van der Waals surface area contributed by atoms with Gasteiger partial charge in [-0.1, -0.05) is 30.3 Å². The van der Waals surface area contributed by atoms with Crippen LogP contribution in [0.1, 0.15) is 30.7 Å². The lowest BCUT2D eigenvalue weighted by atomic mass is 10.1. The van der Waals surface area contributed by atoms with Crippen molar-refractivity contribution in [2.24, 2.45) is 0 Å². The number of thiazole rings is 1. The average molecular weight is 316 g/mol. The normalized spacial score (nSPS) is 18.2. The second kappa shape index (κ2) is 7.86. The largest absolute Gasteiger partial charge is 0.378 e. The molecule has 2 heterocycles. The van der Waals surface area contributed by atoms with E-state index in [-0.39, 0.29) is 0 Å². The predicted molar refractivity (Wildman–Crippen MR) is 92.1 cm³/mol. The Balaban J connectivity index is 1.45. The van der Waals surface area contributed by atoms with E-state index < -0.39 is 0 Å². The molecule has 1 saturated heterocycles. The van der Waals surface area contributed by atoms with Gasteiger partial charge in [-0.25, -0.2) is 4.98 Å². The maximum atomic E-state index is 5.68. The first kappa shape index (κ1) is 15.7. The Bertz CT molecular complexity index is 563. The topological polar surface area (TPSA) is 25.4 Å². The van der Waals surface area contributed by atoms with Crippen LogP contribution >= 0.6 is 11.3 Å². The van der Waals surface area contributed by atoms with Crippen LogP contribution in [0.25, 0.3) is 11.3 Å². The van der Waals surface area contributed by atoms with E-state index in [2.05, 4.69) is 41.6 Å². The third kappa shape index (κ3) is 4.38. The summed E-state index contributed by atoms with van der Waals surface area (Å²) in [6, 6.07) is 10.4. The molecule has 1 aliphatic rings. The van der Waals surface area contributed by atoms with Gasteiger partial charge < -0.3 is 4.74 Å². The third-order valence-corrected chi connectivity index (χ3v) is 4.95. The number of hydrogen-bond donors (Lipinski definition) is 0. The summed E-state index contributed by atoms with van der Waals surface area (Å²) in [6.45, 7) is 3.00. The summed E-state index contributed by atoms with van der Waals surface area (Å²) in [6.07, 6.45) is 5.39. The van der Waals surface area contributed by atoms with Crippen LogP contribution in [-0.2, 0) is 11.3 Å². The van der Waals surface area contributed by atoms with Crippen LogP contribution in [0.2, 0.25) is 0 Å². The van der Waals surface area contributed by atoms with Gasteiger partial charge in [-0.2, -0.15) is 0 Å². The molecular formula is C18H24N2OS. The molecule has 3 rings (SSSR count). The number of aromatic nitrogens is 1. The molecule has 0 bridgehead atoms. The van der Waals surface area contributed by atoms with Crippen molar-refractivity contribution in [1.82, 2.24) is 9.88 Å². The minimum atomic E-state index is 0.512. The summed E-state index contributed by atoms with van der Waals surface area (Å²) in [4.78, 5) is 7.12. The van der Waals surface area contributed by atoms with E-state index >= 15 is 0 Å². The molecule has 1 fully saturated rings. The van der Waals surface area contributed by atoms with E-state index in [4.69, 9.17) is 9.72 Å². The Morgan fingerprint density at radius 1 is 1.32 bits per heavy atom. The molecule has 22 heavy (non-hydrogen) atoms. The lowest BCUT2D eigenvalue weighted by Gasteiger charge is -2.16. The van der Waals surface area contributed by atoms with Crippen molar-refractivity contribution in [1.29, 1.82) is 0 Å². The van der Waals surface area contributed by atoms with Gasteiger partial charge in [-0.05, 0) is 39.3 Å². The minimum Gasteiger partial charge on any atom is -0.378 e. The number of rotatable bonds is 7. The van der Waals surface area contributed by atoms with E-state index in [1.54, 1.807) is 11.3 Å². The van der Waals surface area contributed by atoms with Crippen LogP contribution < -0.4 is 0 Å². The molecule has 4 heteroatoms. The summed E-state index contributed by atoms with van der Waals surface area (Å²) in [5, 5.41) is 3.35. The minimum absolute atomic E-state index is 0.512. The van der Waals surface area contributed by atoms with Crippen molar-refractivity contribution >= 4 is 11.3 Å².